The molecule has 2 aromatic rings. The maximum absolute atomic E-state index is 5.62. The molecular formula is C17H19BrClN2O2-. The van der Waals surface area contributed by atoms with Gasteiger partial charge in [0, 0.05) is 25.5 Å². The van der Waals surface area contributed by atoms with E-state index in [1.807, 2.05) is 24.3 Å². The molecule has 0 saturated carbocycles. The Morgan fingerprint density at radius 1 is 1.22 bits per heavy atom. The molecule has 0 spiro atoms. The van der Waals surface area contributed by atoms with Crippen molar-refractivity contribution in [2.24, 2.45) is 0 Å². The van der Waals surface area contributed by atoms with Crippen LogP contribution in [0.1, 0.15) is 11.1 Å². The van der Waals surface area contributed by atoms with Crippen LogP contribution < -0.4 is 27.2 Å². The number of ether oxygens (including phenoxy) is 2. The lowest BCUT2D eigenvalue weighted by atomic mass is 10.2. The smallest absolute Gasteiger partial charge is 0.175 e. The van der Waals surface area contributed by atoms with Crippen molar-refractivity contribution in [1.82, 2.24) is 10.3 Å². The van der Waals surface area contributed by atoms with E-state index < -0.39 is 0 Å². The summed E-state index contributed by atoms with van der Waals surface area (Å²) in [6.07, 6.45) is 5.29. The predicted octanol–water partition coefficient (Wildman–Crippen LogP) is 0.711. The summed E-state index contributed by atoms with van der Waals surface area (Å²) >= 11 is 3.53. The Kier molecular flexibility index (Phi) is 8.69. The van der Waals surface area contributed by atoms with Crippen molar-refractivity contribution in [3.8, 4) is 11.5 Å². The fourth-order valence-electron chi connectivity index (χ4n) is 2.01. The zero-order chi connectivity index (χ0) is 15.8. The van der Waals surface area contributed by atoms with Gasteiger partial charge in [-0.1, -0.05) is 12.7 Å². The number of rotatable bonds is 8. The van der Waals surface area contributed by atoms with E-state index in [1.165, 1.54) is 5.56 Å². The van der Waals surface area contributed by atoms with Crippen LogP contribution in [0.3, 0.4) is 0 Å². The van der Waals surface area contributed by atoms with Gasteiger partial charge in [0.2, 0.25) is 0 Å². The number of hydrogen-bond acceptors (Lipinski definition) is 4. The molecule has 0 aliphatic rings. The van der Waals surface area contributed by atoms with Gasteiger partial charge < -0.3 is 27.2 Å². The minimum atomic E-state index is 0. The quantitative estimate of drug-likeness (QED) is 0.665. The Morgan fingerprint density at radius 3 is 2.57 bits per heavy atom. The topological polar surface area (TPSA) is 43.4 Å². The van der Waals surface area contributed by atoms with Crippen LogP contribution in [0.5, 0.6) is 11.5 Å². The molecule has 1 aromatic carbocycles. The summed E-state index contributed by atoms with van der Waals surface area (Å²) in [5.74, 6) is 1.40. The number of halogens is 2. The van der Waals surface area contributed by atoms with Crippen LogP contribution in [-0.4, -0.2) is 18.7 Å². The van der Waals surface area contributed by atoms with Gasteiger partial charge in [-0.2, -0.15) is 0 Å². The fraction of sp³-hybridized carbons (Fsp3) is 0.235. The first-order chi connectivity index (χ1) is 10.7. The summed E-state index contributed by atoms with van der Waals surface area (Å²) < 4.78 is 11.9. The fourth-order valence-corrected chi connectivity index (χ4v) is 2.61. The van der Waals surface area contributed by atoms with Gasteiger partial charge in [-0.3, -0.25) is 4.98 Å². The van der Waals surface area contributed by atoms with Gasteiger partial charge in [0.1, 0.15) is 6.61 Å². The van der Waals surface area contributed by atoms with Gasteiger partial charge in [-0.05, 0) is 51.3 Å². The first-order valence-corrected chi connectivity index (χ1v) is 7.73. The SMILES string of the molecule is C=CCOc1c(Br)cc(CNCc2ccncc2)cc1OC.[Cl-]. The van der Waals surface area contributed by atoms with Gasteiger partial charge in [0.25, 0.3) is 0 Å². The molecule has 0 fully saturated rings. The molecule has 1 N–H and O–H groups in total. The van der Waals surface area contributed by atoms with Gasteiger partial charge in [0.05, 0.1) is 11.6 Å². The van der Waals surface area contributed by atoms with E-state index in [0.29, 0.717) is 18.1 Å². The van der Waals surface area contributed by atoms with Crippen LogP contribution in [-0.2, 0) is 13.1 Å². The molecule has 2 rings (SSSR count). The number of pyridine rings is 1. The summed E-state index contributed by atoms with van der Waals surface area (Å²) in [6.45, 7) is 5.62. The van der Waals surface area contributed by atoms with Gasteiger partial charge >= 0.3 is 0 Å². The summed E-state index contributed by atoms with van der Waals surface area (Å²) in [4.78, 5) is 4.01. The highest BCUT2D eigenvalue weighted by atomic mass is 79.9. The van der Waals surface area contributed by atoms with Crippen molar-refractivity contribution < 1.29 is 21.9 Å². The largest absolute Gasteiger partial charge is 1.00 e. The zero-order valence-electron chi connectivity index (χ0n) is 12.9. The highest BCUT2D eigenvalue weighted by molar-refractivity contribution is 9.10. The van der Waals surface area contributed by atoms with E-state index in [2.05, 4.69) is 32.8 Å². The van der Waals surface area contributed by atoms with Crippen molar-refractivity contribution in [2.75, 3.05) is 13.7 Å². The molecule has 1 aromatic heterocycles. The number of aromatic nitrogens is 1. The first-order valence-electron chi connectivity index (χ1n) is 6.94. The lowest BCUT2D eigenvalue weighted by molar-refractivity contribution is -0.00000506. The molecule has 0 aliphatic carbocycles. The van der Waals surface area contributed by atoms with E-state index in [4.69, 9.17) is 9.47 Å². The van der Waals surface area contributed by atoms with E-state index in [0.717, 1.165) is 23.1 Å². The van der Waals surface area contributed by atoms with Crippen molar-refractivity contribution >= 4 is 15.9 Å². The molecule has 6 heteroatoms. The Morgan fingerprint density at radius 2 is 1.91 bits per heavy atom. The maximum Gasteiger partial charge on any atom is 0.175 e. The standard InChI is InChI=1S/C17H19BrN2O2.ClH/c1-3-8-22-17-15(18)9-14(10-16(17)21-2)12-20-11-13-4-6-19-7-5-13;/h3-7,9-10,20H,1,8,11-12H2,2H3;1H/p-1. The monoisotopic (exact) mass is 397 g/mol. The predicted molar refractivity (Wildman–Crippen MR) is 91.2 cm³/mol. The van der Waals surface area contributed by atoms with Crippen LogP contribution in [0.2, 0.25) is 0 Å². The number of benzene rings is 1. The molecule has 4 nitrogen and oxygen atoms in total. The lowest BCUT2D eigenvalue weighted by Gasteiger charge is -2.14. The summed E-state index contributed by atoms with van der Waals surface area (Å²) in [5, 5.41) is 3.40. The molecule has 124 valence electrons. The van der Waals surface area contributed by atoms with E-state index in [1.54, 1.807) is 25.6 Å². The van der Waals surface area contributed by atoms with Crippen molar-refractivity contribution in [3.63, 3.8) is 0 Å². The van der Waals surface area contributed by atoms with Gasteiger partial charge in [-0.25, -0.2) is 0 Å². The molecule has 0 radical (unpaired) electrons. The first kappa shape index (κ1) is 19.5. The summed E-state index contributed by atoms with van der Waals surface area (Å²) in [7, 11) is 1.64. The molecule has 0 amide bonds. The second-order valence-electron chi connectivity index (χ2n) is 4.67. The van der Waals surface area contributed by atoms with Crippen molar-refractivity contribution in [2.45, 2.75) is 13.1 Å². The molecule has 23 heavy (non-hydrogen) atoms. The highest BCUT2D eigenvalue weighted by Gasteiger charge is 2.11. The van der Waals surface area contributed by atoms with Crippen LogP contribution in [0.4, 0.5) is 0 Å². The minimum Gasteiger partial charge on any atom is -1.00 e. The minimum absolute atomic E-state index is 0. The molecule has 0 saturated heterocycles. The van der Waals surface area contributed by atoms with Crippen LogP contribution >= 0.6 is 15.9 Å². The van der Waals surface area contributed by atoms with Crippen molar-refractivity contribution in [3.05, 3.63) is 64.9 Å². The Hall–Kier alpha value is -1.56. The third-order valence-electron chi connectivity index (χ3n) is 3.04. The Bertz CT molecular complexity index is 623. The van der Waals surface area contributed by atoms with Crippen LogP contribution in [0.25, 0.3) is 0 Å². The molecule has 0 unspecified atom stereocenters. The van der Waals surface area contributed by atoms with Gasteiger partial charge in [0.15, 0.2) is 11.5 Å². The number of nitrogens with zero attached hydrogens (tertiary/aromatic N) is 1. The third kappa shape index (κ3) is 5.86. The Labute approximate surface area is 151 Å². The lowest BCUT2D eigenvalue weighted by Crippen LogP contribution is -3.00. The maximum atomic E-state index is 5.62. The van der Waals surface area contributed by atoms with E-state index in [-0.39, 0.29) is 12.4 Å². The number of methoxy groups -OCH3 is 1. The second-order valence-corrected chi connectivity index (χ2v) is 5.52. The third-order valence-corrected chi connectivity index (χ3v) is 3.63. The molecule has 0 aliphatic heterocycles. The summed E-state index contributed by atoms with van der Waals surface area (Å²) in [6, 6.07) is 7.99. The molecule has 1 heterocycles. The van der Waals surface area contributed by atoms with E-state index >= 15 is 0 Å². The normalized spacial score (nSPS) is 9.83. The average molecular weight is 399 g/mol. The summed E-state index contributed by atoms with van der Waals surface area (Å²) in [5.41, 5.74) is 2.32. The molecule has 0 atom stereocenters. The zero-order valence-corrected chi connectivity index (χ0v) is 15.2. The van der Waals surface area contributed by atoms with Crippen molar-refractivity contribution in [1.29, 1.82) is 0 Å². The molecular weight excluding hydrogens is 380 g/mol. The second kappa shape index (κ2) is 10.3. The van der Waals surface area contributed by atoms with Crippen LogP contribution in [0.15, 0.2) is 53.8 Å². The number of nitrogens with one attached hydrogen (secondary N) is 1. The van der Waals surface area contributed by atoms with Gasteiger partial charge in [-0.15, -0.1) is 0 Å². The van der Waals surface area contributed by atoms with Crippen LogP contribution in [0, 0.1) is 0 Å². The average Bonchev–Trinajstić information content (AvgIpc) is 2.54. The van der Waals surface area contributed by atoms with E-state index in [9.17, 15) is 0 Å². The highest BCUT2D eigenvalue weighted by Crippen LogP contribution is 2.36. The number of hydrogen-bond donors (Lipinski definition) is 1. The molecule has 0 bridgehead atoms. The Balaban J connectivity index is 0.00000264.